The summed E-state index contributed by atoms with van der Waals surface area (Å²) in [4.78, 5) is 0. The van der Waals surface area contributed by atoms with Gasteiger partial charge in [-0.15, -0.1) is 0 Å². The van der Waals surface area contributed by atoms with E-state index in [0.717, 1.165) is 24.1 Å². The van der Waals surface area contributed by atoms with Crippen LogP contribution in [0, 0.1) is 23.2 Å². The maximum Gasteiger partial charge on any atom is 0.123 e. The molecule has 0 spiro atoms. The largest absolute Gasteiger partial charge is 0.306 e. The number of benzene rings is 2. The lowest BCUT2D eigenvalue weighted by atomic mass is 9.94. The van der Waals surface area contributed by atoms with Crippen LogP contribution in [0.15, 0.2) is 36.4 Å². The zero-order valence-corrected chi connectivity index (χ0v) is 14.9. The summed E-state index contributed by atoms with van der Waals surface area (Å²) < 4.78 is 14.9. The Kier molecular flexibility index (Phi) is 5.76. The number of halogens is 2. The Labute approximate surface area is 140 Å². The van der Waals surface area contributed by atoms with Crippen molar-refractivity contribution in [3.8, 4) is 0 Å². The number of hydrogen-bond acceptors (Lipinski definition) is 1. The van der Waals surface area contributed by atoms with Gasteiger partial charge in [-0.25, -0.2) is 4.39 Å². The fourth-order valence-corrected chi connectivity index (χ4v) is 3.16. The van der Waals surface area contributed by atoms with Crippen LogP contribution in [0.3, 0.4) is 0 Å². The molecule has 1 N–H and O–H groups in total. The molecule has 1 unspecified atom stereocenters. The van der Waals surface area contributed by atoms with Crippen LogP contribution in [0.1, 0.15) is 41.6 Å². The van der Waals surface area contributed by atoms with E-state index in [1.807, 2.05) is 13.0 Å². The average molecular weight is 397 g/mol. The predicted octanol–water partition coefficient (Wildman–Crippen LogP) is 5.14. The van der Waals surface area contributed by atoms with E-state index in [2.05, 4.69) is 60.0 Å². The third kappa shape index (κ3) is 3.83. The molecular formula is C18H21FIN. The Morgan fingerprint density at radius 2 is 1.86 bits per heavy atom. The lowest BCUT2D eigenvalue weighted by Gasteiger charge is -2.23. The van der Waals surface area contributed by atoms with Crippen molar-refractivity contribution in [3.05, 3.63) is 68.0 Å². The van der Waals surface area contributed by atoms with Gasteiger partial charge in [-0.3, -0.25) is 0 Å². The van der Waals surface area contributed by atoms with E-state index in [1.54, 1.807) is 6.07 Å². The topological polar surface area (TPSA) is 12.0 Å². The smallest absolute Gasteiger partial charge is 0.123 e. The van der Waals surface area contributed by atoms with Crippen LogP contribution in [0.2, 0.25) is 0 Å². The second-order valence-corrected chi connectivity index (χ2v) is 6.44. The lowest BCUT2D eigenvalue weighted by Crippen LogP contribution is -2.25. The molecule has 2 aromatic carbocycles. The van der Waals surface area contributed by atoms with Crippen LogP contribution in [0.25, 0.3) is 0 Å². The van der Waals surface area contributed by atoms with E-state index in [0.29, 0.717) is 0 Å². The van der Waals surface area contributed by atoms with Crippen LogP contribution < -0.4 is 5.32 Å². The van der Waals surface area contributed by atoms with Gasteiger partial charge < -0.3 is 5.32 Å². The fourth-order valence-electron chi connectivity index (χ4n) is 2.49. The molecule has 0 aromatic heterocycles. The van der Waals surface area contributed by atoms with Crippen molar-refractivity contribution in [2.24, 2.45) is 0 Å². The van der Waals surface area contributed by atoms with E-state index in [4.69, 9.17) is 0 Å². The summed E-state index contributed by atoms with van der Waals surface area (Å²) in [6.07, 6.45) is 1.05. The van der Waals surface area contributed by atoms with Crippen molar-refractivity contribution >= 4 is 22.6 Å². The van der Waals surface area contributed by atoms with Crippen molar-refractivity contribution in [1.29, 1.82) is 0 Å². The molecule has 0 amide bonds. The van der Waals surface area contributed by atoms with Crippen molar-refractivity contribution in [3.63, 3.8) is 0 Å². The van der Waals surface area contributed by atoms with E-state index in [1.165, 1.54) is 20.8 Å². The maximum absolute atomic E-state index is 13.7. The maximum atomic E-state index is 13.7. The van der Waals surface area contributed by atoms with Gasteiger partial charge in [0.15, 0.2) is 0 Å². The molecule has 0 radical (unpaired) electrons. The number of rotatable bonds is 5. The van der Waals surface area contributed by atoms with E-state index < -0.39 is 0 Å². The average Bonchev–Trinajstić information content (AvgIpc) is 2.47. The summed E-state index contributed by atoms with van der Waals surface area (Å²) in [7, 11) is 0. The first kappa shape index (κ1) is 16.4. The van der Waals surface area contributed by atoms with Crippen molar-refractivity contribution in [2.75, 3.05) is 6.54 Å². The van der Waals surface area contributed by atoms with Crippen molar-refractivity contribution in [2.45, 2.75) is 33.2 Å². The Morgan fingerprint density at radius 1 is 1.10 bits per heavy atom. The molecule has 0 aliphatic rings. The number of hydrogen-bond donors (Lipinski definition) is 1. The summed E-state index contributed by atoms with van der Waals surface area (Å²) in [6.45, 7) is 7.20. The summed E-state index contributed by atoms with van der Waals surface area (Å²) >= 11 is 2.39. The van der Waals surface area contributed by atoms with Crippen molar-refractivity contribution in [1.82, 2.24) is 5.32 Å². The highest BCUT2D eigenvalue weighted by molar-refractivity contribution is 14.1. The SMILES string of the molecule is CCCNC(c1cc(F)ccc1C)c1cccc(C)c1I. The first-order chi connectivity index (χ1) is 10.0. The van der Waals surface area contributed by atoms with E-state index in [-0.39, 0.29) is 11.9 Å². The third-order valence-electron chi connectivity index (χ3n) is 3.68. The minimum absolute atomic E-state index is 0.0347. The molecule has 1 nitrogen and oxygen atoms in total. The van der Waals surface area contributed by atoms with Gasteiger partial charge >= 0.3 is 0 Å². The van der Waals surface area contributed by atoms with Gasteiger partial charge in [0.05, 0.1) is 6.04 Å². The van der Waals surface area contributed by atoms with Gasteiger partial charge in [0.1, 0.15) is 5.82 Å². The van der Waals surface area contributed by atoms with Gasteiger partial charge in [0.25, 0.3) is 0 Å². The third-order valence-corrected chi connectivity index (χ3v) is 5.16. The van der Waals surface area contributed by atoms with Crippen LogP contribution >= 0.6 is 22.6 Å². The molecule has 0 saturated heterocycles. The van der Waals surface area contributed by atoms with Gasteiger partial charge in [-0.2, -0.15) is 0 Å². The number of nitrogens with one attached hydrogen (secondary N) is 1. The van der Waals surface area contributed by atoms with E-state index in [9.17, 15) is 4.39 Å². The van der Waals surface area contributed by atoms with Crippen molar-refractivity contribution < 1.29 is 4.39 Å². The monoisotopic (exact) mass is 397 g/mol. The normalized spacial score (nSPS) is 12.4. The van der Waals surface area contributed by atoms with Gasteiger partial charge in [0, 0.05) is 3.57 Å². The van der Waals surface area contributed by atoms with Crippen LogP contribution in [0.5, 0.6) is 0 Å². The summed E-state index contributed by atoms with van der Waals surface area (Å²) in [5.74, 6) is -0.179. The molecule has 21 heavy (non-hydrogen) atoms. The molecule has 2 rings (SSSR count). The minimum atomic E-state index is -0.179. The quantitative estimate of drug-likeness (QED) is 0.690. The molecule has 0 heterocycles. The Hall–Kier alpha value is -0.940. The molecule has 1 atom stereocenters. The molecule has 3 heteroatoms. The van der Waals surface area contributed by atoms with Gasteiger partial charge in [0.2, 0.25) is 0 Å². The zero-order valence-electron chi connectivity index (χ0n) is 12.7. The van der Waals surface area contributed by atoms with Gasteiger partial charge in [-0.1, -0.05) is 31.2 Å². The van der Waals surface area contributed by atoms with Crippen LogP contribution in [-0.4, -0.2) is 6.54 Å². The molecule has 112 valence electrons. The zero-order chi connectivity index (χ0) is 15.4. The molecule has 0 bridgehead atoms. The minimum Gasteiger partial charge on any atom is -0.306 e. The molecular weight excluding hydrogens is 376 g/mol. The Balaban J connectivity index is 2.52. The first-order valence-corrected chi connectivity index (χ1v) is 8.37. The highest BCUT2D eigenvalue weighted by Gasteiger charge is 2.19. The standard InChI is InChI=1S/C18H21FIN/c1-4-10-21-18(15-7-5-6-13(3)17(15)20)16-11-14(19)9-8-12(16)2/h5-9,11,18,21H,4,10H2,1-3H3. The second kappa shape index (κ2) is 7.36. The summed E-state index contributed by atoms with van der Waals surface area (Å²) in [5.41, 5.74) is 4.61. The molecule has 0 saturated carbocycles. The fraction of sp³-hybridized carbons (Fsp3) is 0.333. The summed E-state index contributed by atoms with van der Waals surface area (Å²) in [5, 5.41) is 3.57. The molecule has 0 aliphatic carbocycles. The van der Waals surface area contributed by atoms with Crippen LogP contribution in [-0.2, 0) is 0 Å². The molecule has 0 aliphatic heterocycles. The highest BCUT2D eigenvalue weighted by Crippen LogP contribution is 2.30. The van der Waals surface area contributed by atoms with Crippen LogP contribution in [0.4, 0.5) is 4.39 Å². The lowest BCUT2D eigenvalue weighted by molar-refractivity contribution is 0.581. The predicted molar refractivity (Wildman–Crippen MR) is 95.2 cm³/mol. The second-order valence-electron chi connectivity index (χ2n) is 5.37. The van der Waals surface area contributed by atoms with E-state index >= 15 is 0 Å². The Morgan fingerprint density at radius 3 is 2.57 bits per heavy atom. The van der Waals surface area contributed by atoms with Gasteiger partial charge in [-0.05, 0) is 83.8 Å². The summed E-state index contributed by atoms with van der Waals surface area (Å²) in [6, 6.07) is 11.4. The number of aryl methyl sites for hydroxylation is 2. The highest BCUT2D eigenvalue weighted by atomic mass is 127. The molecule has 2 aromatic rings. The Bertz CT molecular complexity index is 623. The molecule has 0 fully saturated rings. The first-order valence-electron chi connectivity index (χ1n) is 7.29.